The Hall–Kier alpha value is -2.41. The van der Waals surface area contributed by atoms with E-state index in [1.165, 1.54) is 5.56 Å². The first kappa shape index (κ1) is 14.0. The molecule has 0 unspecified atom stereocenters. The predicted octanol–water partition coefficient (Wildman–Crippen LogP) is 3.39. The summed E-state index contributed by atoms with van der Waals surface area (Å²) in [5, 5.41) is 12.0. The Labute approximate surface area is 119 Å². The van der Waals surface area contributed by atoms with Gasteiger partial charge in [0.15, 0.2) is 0 Å². The molecule has 4 nitrogen and oxygen atoms in total. The highest BCUT2D eigenvalue weighted by Gasteiger charge is 2.02. The minimum absolute atomic E-state index is 0.384. The van der Waals surface area contributed by atoms with E-state index in [2.05, 4.69) is 53.4 Å². The molecule has 0 spiro atoms. The quantitative estimate of drug-likeness (QED) is 0.921. The molecule has 1 aromatic carbocycles. The summed E-state index contributed by atoms with van der Waals surface area (Å²) < 4.78 is 0. The van der Waals surface area contributed by atoms with Crippen molar-refractivity contribution in [2.75, 3.05) is 5.32 Å². The largest absolute Gasteiger partial charge is 0.350 e. The number of benzene rings is 1. The summed E-state index contributed by atoms with van der Waals surface area (Å²) >= 11 is 0. The van der Waals surface area contributed by atoms with Crippen LogP contribution in [-0.2, 0) is 6.54 Å². The minimum atomic E-state index is 0.384. The molecule has 0 atom stereocenters. The van der Waals surface area contributed by atoms with E-state index < -0.39 is 0 Å². The van der Waals surface area contributed by atoms with Gasteiger partial charge in [-0.1, -0.05) is 38.1 Å². The summed E-state index contributed by atoms with van der Waals surface area (Å²) in [7, 11) is 0. The fraction of sp³-hybridized carbons (Fsp3) is 0.312. The van der Waals surface area contributed by atoms with E-state index in [0.717, 1.165) is 11.3 Å². The lowest BCUT2D eigenvalue weighted by atomic mass is 10.0. The van der Waals surface area contributed by atoms with Crippen LogP contribution < -0.4 is 5.32 Å². The van der Waals surface area contributed by atoms with Crippen molar-refractivity contribution in [3.8, 4) is 6.07 Å². The maximum atomic E-state index is 8.89. The first-order chi connectivity index (χ1) is 9.58. The molecule has 20 heavy (non-hydrogen) atoms. The smallest absolute Gasteiger partial charge is 0.224 e. The second kappa shape index (κ2) is 6.16. The van der Waals surface area contributed by atoms with Crippen LogP contribution in [0.1, 0.15) is 42.3 Å². The molecular weight excluding hydrogens is 248 g/mol. The van der Waals surface area contributed by atoms with Crippen LogP contribution >= 0.6 is 0 Å². The van der Waals surface area contributed by atoms with E-state index in [0.29, 0.717) is 24.1 Å². The van der Waals surface area contributed by atoms with Crippen molar-refractivity contribution in [2.45, 2.75) is 33.2 Å². The van der Waals surface area contributed by atoms with Crippen molar-refractivity contribution in [3.63, 3.8) is 0 Å². The molecule has 2 aromatic rings. The molecule has 0 aliphatic rings. The zero-order chi connectivity index (χ0) is 14.5. The first-order valence-corrected chi connectivity index (χ1v) is 6.67. The monoisotopic (exact) mass is 266 g/mol. The van der Waals surface area contributed by atoms with Gasteiger partial charge in [-0.15, -0.1) is 0 Å². The minimum Gasteiger partial charge on any atom is -0.350 e. The molecule has 1 heterocycles. The number of aryl methyl sites for hydroxylation is 1. The average molecular weight is 266 g/mol. The van der Waals surface area contributed by atoms with Gasteiger partial charge in [0.2, 0.25) is 5.95 Å². The molecule has 1 N–H and O–H groups in total. The molecule has 0 aliphatic heterocycles. The summed E-state index contributed by atoms with van der Waals surface area (Å²) in [6.07, 6.45) is 0. The molecule has 0 amide bonds. The van der Waals surface area contributed by atoms with Crippen molar-refractivity contribution in [1.82, 2.24) is 9.97 Å². The van der Waals surface area contributed by atoms with Gasteiger partial charge in [0, 0.05) is 12.2 Å². The summed E-state index contributed by atoms with van der Waals surface area (Å²) in [5.41, 5.74) is 3.66. The van der Waals surface area contributed by atoms with Crippen LogP contribution in [0, 0.1) is 18.3 Å². The van der Waals surface area contributed by atoms with Gasteiger partial charge in [0.05, 0.1) is 0 Å². The Morgan fingerprint density at radius 2 is 1.90 bits per heavy atom. The highest BCUT2D eigenvalue weighted by atomic mass is 15.1. The van der Waals surface area contributed by atoms with Gasteiger partial charge in [0.25, 0.3) is 0 Å². The molecule has 0 saturated heterocycles. The topological polar surface area (TPSA) is 61.6 Å². The Bertz CT molecular complexity index is 624. The summed E-state index contributed by atoms with van der Waals surface area (Å²) in [6, 6.07) is 12.2. The fourth-order valence-electron chi connectivity index (χ4n) is 1.91. The van der Waals surface area contributed by atoms with Gasteiger partial charge >= 0.3 is 0 Å². The fourth-order valence-corrected chi connectivity index (χ4v) is 1.91. The Morgan fingerprint density at radius 1 is 1.20 bits per heavy atom. The van der Waals surface area contributed by atoms with E-state index in [1.54, 1.807) is 6.07 Å². The highest BCUT2D eigenvalue weighted by molar-refractivity contribution is 5.34. The first-order valence-electron chi connectivity index (χ1n) is 6.67. The van der Waals surface area contributed by atoms with Crippen LogP contribution in [0.15, 0.2) is 30.3 Å². The molecule has 1 aromatic heterocycles. The molecular formula is C16H18N4. The lowest BCUT2D eigenvalue weighted by Crippen LogP contribution is -2.05. The number of nitrogens with one attached hydrogen (secondary N) is 1. The summed E-state index contributed by atoms with van der Waals surface area (Å²) in [4.78, 5) is 8.40. The highest BCUT2D eigenvalue weighted by Crippen LogP contribution is 2.15. The van der Waals surface area contributed by atoms with Gasteiger partial charge in [0.1, 0.15) is 11.8 Å². The standard InChI is InChI=1S/C16H18N4/c1-11(2)14-6-4-13(5-7-14)10-18-16-19-12(3)8-15(9-17)20-16/h4-8,11H,10H2,1-3H3,(H,18,19,20). The molecule has 0 fully saturated rings. The second-order valence-corrected chi connectivity index (χ2v) is 5.08. The molecule has 102 valence electrons. The van der Waals surface area contributed by atoms with Gasteiger partial charge in [-0.05, 0) is 30.0 Å². The predicted molar refractivity (Wildman–Crippen MR) is 79.3 cm³/mol. The van der Waals surface area contributed by atoms with E-state index in [4.69, 9.17) is 5.26 Å². The number of aromatic nitrogens is 2. The Balaban J connectivity index is 2.05. The SMILES string of the molecule is Cc1cc(C#N)nc(NCc2ccc(C(C)C)cc2)n1. The van der Waals surface area contributed by atoms with Crippen LogP contribution in [0.5, 0.6) is 0 Å². The molecule has 0 saturated carbocycles. The zero-order valence-electron chi connectivity index (χ0n) is 12.0. The second-order valence-electron chi connectivity index (χ2n) is 5.08. The average Bonchev–Trinajstić information content (AvgIpc) is 2.45. The maximum absolute atomic E-state index is 8.89. The molecule has 0 radical (unpaired) electrons. The number of hydrogen-bond acceptors (Lipinski definition) is 4. The zero-order valence-corrected chi connectivity index (χ0v) is 12.0. The van der Waals surface area contributed by atoms with E-state index in [1.807, 2.05) is 13.0 Å². The Morgan fingerprint density at radius 3 is 2.50 bits per heavy atom. The number of nitrogens with zero attached hydrogens (tertiary/aromatic N) is 3. The molecule has 4 heteroatoms. The van der Waals surface area contributed by atoms with Gasteiger partial charge < -0.3 is 5.32 Å². The van der Waals surface area contributed by atoms with Crippen LogP contribution in [0.4, 0.5) is 5.95 Å². The number of rotatable bonds is 4. The van der Waals surface area contributed by atoms with Gasteiger partial charge in [-0.3, -0.25) is 0 Å². The number of nitriles is 1. The maximum Gasteiger partial charge on any atom is 0.224 e. The third-order valence-corrected chi connectivity index (χ3v) is 3.07. The van der Waals surface area contributed by atoms with Crippen molar-refractivity contribution in [3.05, 3.63) is 52.8 Å². The van der Waals surface area contributed by atoms with Crippen molar-refractivity contribution < 1.29 is 0 Å². The van der Waals surface area contributed by atoms with Gasteiger partial charge in [-0.2, -0.15) is 5.26 Å². The normalized spacial score (nSPS) is 10.3. The van der Waals surface area contributed by atoms with Crippen LogP contribution in [0.25, 0.3) is 0 Å². The van der Waals surface area contributed by atoms with E-state index in [-0.39, 0.29) is 0 Å². The van der Waals surface area contributed by atoms with Crippen LogP contribution in [0.3, 0.4) is 0 Å². The third-order valence-electron chi connectivity index (χ3n) is 3.07. The summed E-state index contributed by atoms with van der Waals surface area (Å²) in [5.74, 6) is 1.03. The lowest BCUT2D eigenvalue weighted by Gasteiger charge is -2.08. The number of hydrogen-bond donors (Lipinski definition) is 1. The van der Waals surface area contributed by atoms with Crippen molar-refractivity contribution in [2.24, 2.45) is 0 Å². The van der Waals surface area contributed by atoms with Gasteiger partial charge in [-0.25, -0.2) is 9.97 Å². The van der Waals surface area contributed by atoms with Crippen LogP contribution in [0.2, 0.25) is 0 Å². The number of anilines is 1. The third kappa shape index (κ3) is 3.55. The van der Waals surface area contributed by atoms with Crippen LogP contribution in [-0.4, -0.2) is 9.97 Å². The lowest BCUT2D eigenvalue weighted by molar-refractivity contribution is 0.865. The summed E-state index contributed by atoms with van der Waals surface area (Å²) in [6.45, 7) is 6.85. The molecule has 2 rings (SSSR count). The van der Waals surface area contributed by atoms with Crippen molar-refractivity contribution >= 4 is 5.95 Å². The van der Waals surface area contributed by atoms with E-state index in [9.17, 15) is 0 Å². The molecule has 0 aliphatic carbocycles. The van der Waals surface area contributed by atoms with Crippen molar-refractivity contribution in [1.29, 1.82) is 5.26 Å². The molecule has 0 bridgehead atoms. The Kier molecular flexibility index (Phi) is 4.31. The van der Waals surface area contributed by atoms with E-state index >= 15 is 0 Å².